The highest BCUT2D eigenvalue weighted by Gasteiger charge is 2.67. The Morgan fingerprint density at radius 1 is 1.22 bits per heavy atom. The van der Waals surface area contributed by atoms with Crippen LogP contribution >= 0.6 is 22.6 Å². The summed E-state index contributed by atoms with van der Waals surface area (Å²) in [6, 6.07) is 15.5. The van der Waals surface area contributed by atoms with E-state index < -0.39 is 31.6 Å². The molecular formula is C28H34FIN2O4Si. The molecule has 0 radical (unpaired) electrons. The molecule has 3 aliphatic heterocycles. The van der Waals surface area contributed by atoms with Crippen LogP contribution in [0, 0.1) is 9.49 Å². The molecule has 37 heavy (non-hydrogen) atoms. The number of carbonyl (C=O) groups excluding carboxylic acids is 2. The van der Waals surface area contributed by atoms with Gasteiger partial charge >= 0.3 is 0 Å². The monoisotopic (exact) mass is 636 g/mol. The van der Waals surface area contributed by atoms with Crippen molar-refractivity contribution in [3.8, 4) is 0 Å². The molecule has 3 heterocycles. The number of halogens is 2. The van der Waals surface area contributed by atoms with Crippen molar-refractivity contribution >= 4 is 48.5 Å². The van der Waals surface area contributed by atoms with Crippen molar-refractivity contribution in [1.29, 1.82) is 0 Å². The molecule has 0 bridgehead atoms. The van der Waals surface area contributed by atoms with Crippen LogP contribution in [0.4, 0.5) is 9.80 Å². The van der Waals surface area contributed by atoms with E-state index in [2.05, 4.69) is 22.6 Å². The number of aliphatic hydroxyl groups is 1. The highest BCUT2D eigenvalue weighted by atomic mass is 127. The summed E-state index contributed by atoms with van der Waals surface area (Å²) < 4.78 is 23.7. The molecule has 0 aromatic heterocycles. The van der Waals surface area contributed by atoms with Crippen LogP contribution in [0.5, 0.6) is 0 Å². The van der Waals surface area contributed by atoms with Gasteiger partial charge in [-0.2, -0.15) is 0 Å². The molecule has 9 heteroatoms. The number of hydrogen-bond donors (Lipinski definition) is 1. The predicted molar refractivity (Wildman–Crippen MR) is 151 cm³/mol. The second-order valence-electron chi connectivity index (χ2n) is 11.1. The Balaban J connectivity index is 1.51. The van der Waals surface area contributed by atoms with Crippen LogP contribution in [0.1, 0.15) is 37.3 Å². The summed E-state index contributed by atoms with van der Waals surface area (Å²) in [5, 5.41) is 9.72. The van der Waals surface area contributed by atoms with Gasteiger partial charge in [0.25, 0.3) is 5.91 Å². The number of carbonyl (C=O) groups is 2. The Hall–Kier alpha value is -1.82. The molecule has 5 atom stereocenters. The Kier molecular flexibility index (Phi) is 7.27. The number of rotatable bonds is 6. The van der Waals surface area contributed by atoms with Crippen LogP contribution in [0.2, 0.25) is 18.6 Å². The standard InChI is InChI=1S/C28H34FIN2O4Si/c1-18-26(37(2,3)29)24(15-25(34)31-14-6-7-21(31)17-33)36-28(18)22-8-4-5-9-23(22)32(27(28)35)16-19-10-12-20(30)13-11-19/h4-5,8-13,18,21,24,26,33H,6-7,14-17H2,1-3H3/t18-,21+,24+,26-,28+/m1/s1. The van der Waals surface area contributed by atoms with Crippen molar-refractivity contribution in [2.24, 2.45) is 5.92 Å². The van der Waals surface area contributed by atoms with Gasteiger partial charge in [0.1, 0.15) is 0 Å². The first-order valence-electron chi connectivity index (χ1n) is 13.0. The molecule has 2 saturated heterocycles. The minimum absolute atomic E-state index is 0.0141. The molecule has 198 valence electrons. The van der Waals surface area contributed by atoms with Gasteiger partial charge in [0.2, 0.25) is 14.3 Å². The lowest BCUT2D eigenvalue weighted by Gasteiger charge is -2.31. The van der Waals surface area contributed by atoms with Gasteiger partial charge in [-0.3, -0.25) is 9.59 Å². The third-order valence-corrected chi connectivity index (χ3v) is 11.6. The molecular weight excluding hydrogens is 602 g/mol. The Morgan fingerprint density at radius 3 is 2.59 bits per heavy atom. The van der Waals surface area contributed by atoms with E-state index in [4.69, 9.17) is 4.74 Å². The zero-order chi connectivity index (χ0) is 26.5. The number of benzene rings is 2. The third-order valence-electron chi connectivity index (χ3n) is 8.41. The zero-order valence-electron chi connectivity index (χ0n) is 21.5. The fourth-order valence-corrected chi connectivity index (χ4v) is 9.63. The highest BCUT2D eigenvalue weighted by Crippen LogP contribution is 2.60. The molecule has 2 amide bonds. The molecule has 5 rings (SSSR count). The van der Waals surface area contributed by atoms with Gasteiger partial charge in [-0.05, 0) is 72.3 Å². The van der Waals surface area contributed by atoms with E-state index in [1.165, 1.54) is 0 Å². The molecule has 2 aromatic rings. The van der Waals surface area contributed by atoms with Crippen LogP contribution in [0.15, 0.2) is 48.5 Å². The van der Waals surface area contributed by atoms with E-state index in [0.29, 0.717) is 13.1 Å². The first-order valence-corrected chi connectivity index (χ1v) is 17.0. The Labute approximate surface area is 232 Å². The molecule has 2 fully saturated rings. The first kappa shape index (κ1) is 26.8. The molecule has 2 aromatic carbocycles. The Morgan fingerprint density at radius 2 is 1.92 bits per heavy atom. The number of ether oxygens (including phenoxy) is 1. The van der Waals surface area contributed by atoms with Crippen LogP contribution in [-0.4, -0.2) is 55.5 Å². The summed E-state index contributed by atoms with van der Waals surface area (Å²) in [6.45, 7) is 6.11. The average Bonchev–Trinajstić information content (AvgIpc) is 3.51. The van der Waals surface area contributed by atoms with E-state index >= 15 is 4.11 Å². The number of likely N-dealkylation sites (tertiary alicyclic amines) is 1. The minimum Gasteiger partial charge on any atom is -0.394 e. The molecule has 1 N–H and O–H groups in total. The lowest BCUT2D eigenvalue weighted by molar-refractivity contribution is -0.150. The van der Waals surface area contributed by atoms with Gasteiger partial charge < -0.3 is 23.8 Å². The maximum Gasteiger partial charge on any atom is 0.264 e. The third kappa shape index (κ3) is 4.55. The topological polar surface area (TPSA) is 70.1 Å². The fourth-order valence-electron chi connectivity index (χ4n) is 6.77. The number of aliphatic hydroxyl groups excluding tert-OH is 1. The van der Waals surface area contributed by atoms with E-state index in [-0.39, 0.29) is 30.9 Å². The van der Waals surface area contributed by atoms with Crippen LogP contribution in [0.25, 0.3) is 0 Å². The van der Waals surface area contributed by atoms with Crippen molar-refractivity contribution < 1.29 is 23.5 Å². The molecule has 1 spiro atoms. The van der Waals surface area contributed by atoms with Crippen LogP contribution in [-0.2, 0) is 26.5 Å². The first-order chi connectivity index (χ1) is 17.6. The van der Waals surface area contributed by atoms with E-state index in [1.54, 1.807) is 22.9 Å². The molecule has 0 saturated carbocycles. The van der Waals surface area contributed by atoms with Gasteiger partial charge in [0.05, 0.1) is 37.4 Å². The number of anilines is 1. The van der Waals surface area contributed by atoms with Crippen molar-refractivity contribution in [2.45, 2.75) is 69.1 Å². The molecule has 0 aliphatic carbocycles. The summed E-state index contributed by atoms with van der Waals surface area (Å²) in [6.07, 6.45) is 0.916. The van der Waals surface area contributed by atoms with Gasteiger partial charge in [0.15, 0.2) is 5.60 Å². The summed E-state index contributed by atoms with van der Waals surface area (Å²) >= 11 is 2.26. The number of amides is 2. The number of nitrogens with zero attached hydrogens (tertiary/aromatic N) is 2. The van der Waals surface area contributed by atoms with Crippen molar-refractivity contribution in [1.82, 2.24) is 4.90 Å². The summed E-state index contributed by atoms with van der Waals surface area (Å²) in [5.74, 6) is -0.754. The van der Waals surface area contributed by atoms with E-state index in [0.717, 1.165) is 33.2 Å². The number of fused-ring (bicyclic) bond motifs is 2. The Bertz CT molecular complexity index is 1190. The van der Waals surface area contributed by atoms with Gasteiger partial charge in [-0.15, -0.1) is 0 Å². The maximum atomic E-state index is 16.0. The van der Waals surface area contributed by atoms with E-state index in [9.17, 15) is 14.7 Å². The van der Waals surface area contributed by atoms with Gasteiger partial charge in [-0.25, -0.2) is 0 Å². The quantitative estimate of drug-likeness (QED) is 0.276. The smallest absolute Gasteiger partial charge is 0.264 e. The highest BCUT2D eigenvalue weighted by molar-refractivity contribution is 14.1. The van der Waals surface area contributed by atoms with Crippen molar-refractivity contribution in [3.63, 3.8) is 0 Å². The molecule has 0 unspecified atom stereocenters. The second-order valence-corrected chi connectivity index (χ2v) is 16.1. The predicted octanol–water partition coefficient (Wildman–Crippen LogP) is 4.99. The second kappa shape index (κ2) is 10.1. The largest absolute Gasteiger partial charge is 0.394 e. The number of para-hydroxylation sites is 1. The van der Waals surface area contributed by atoms with E-state index in [1.807, 2.05) is 55.5 Å². The van der Waals surface area contributed by atoms with Crippen molar-refractivity contribution in [2.75, 3.05) is 18.1 Å². The lowest BCUT2D eigenvalue weighted by atomic mass is 9.82. The van der Waals surface area contributed by atoms with Gasteiger partial charge in [-0.1, -0.05) is 37.3 Å². The average molecular weight is 637 g/mol. The molecule has 3 aliphatic rings. The van der Waals surface area contributed by atoms with Gasteiger partial charge in [0, 0.05) is 27.1 Å². The SMILES string of the molecule is C[C@@H]1[C@@H]([Si](C)(C)F)[C@H](CC(=O)N2CCC[C@H]2CO)O[C@@]12C(=O)N(Cc1ccc(I)cc1)c1ccccc12. The summed E-state index contributed by atoms with van der Waals surface area (Å²) in [7, 11) is -3.35. The zero-order valence-corrected chi connectivity index (χ0v) is 24.7. The lowest BCUT2D eigenvalue weighted by Crippen LogP contribution is -2.45. The fraction of sp³-hybridized carbons (Fsp3) is 0.500. The van der Waals surface area contributed by atoms with Crippen LogP contribution in [0.3, 0.4) is 0 Å². The maximum absolute atomic E-state index is 16.0. The normalized spacial score (nSPS) is 29.4. The summed E-state index contributed by atoms with van der Waals surface area (Å²) in [5.41, 5.74) is 0.681. The van der Waals surface area contributed by atoms with Crippen LogP contribution < -0.4 is 4.90 Å². The molecule has 6 nitrogen and oxygen atoms in total. The minimum atomic E-state index is -3.35. The number of hydrogen-bond acceptors (Lipinski definition) is 4. The summed E-state index contributed by atoms with van der Waals surface area (Å²) in [4.78, 5) is 31.1. The van der Waals surface area contributed by atoms with Crippen molar-refractivity contribution in [3.05, 3.63) is 63.2 Å².